The van der Waals surface area contributed by atoms with E-state index in [4.69, 9.17) is 5.41 Å². The fourth-order valence-electron chi connectivity index (χ4n) is 0.763. The molecule has 0 saturated carbocycles. The molecule has 0 radical (unpaired) electrons. The largest absolute Gasteiger partial charge is 0.412 e. The van der Waals surface area contributed by atoms with Crippen LogP contribution in [0.1, 0.15) is 33.1 Å². The highest BCUT2D eigenvalue weighted by molar-refractivity contribution is 5.92. The number of carbonyl (C=O) groups excluding carboxylic acids is 3. The van der Waals surface area contributed by atoms with E-state index in [0.717, 1.165) is 0 Å². The number of hydrogen-bond acceptors (Lipinski definition) is 7. The molecular formula is C10H15NO6. The second kappa shape index (κ2) is 7.50. The lowest BCUT2D eigenvalue weighted by molar-refractivity contribution is -0.165. The number of aliphatic hydroxyl groups is 1. The van der Waals surface area contributed by atoms with E-state index >= 15 is 0 Å². The van der Waals surface area contributed by atoms with Crippen LogP contribution in [0.25, 0.3) is 0 Å². The highest BCUT2D eigenvalue weighted by atomic mass is 16.6. The summed E-state index contributed by atoms with van der Waals surface area (Å²) in [6.07, 6.45) is -2.12. The van der Waals surface area contributed by atoms with Gasteiger partial charge in [0.2, 0.25) is 0 Å². The minimum absolute atomic E-state index is 0.000721. The summed E-state index contributed by atoms with van der Waals surface area (Å²) in [5, 5.41) is 16.4. The molecule has 7 heteroatoms. The summed E-state index contributed by atoms with van der Waals surface area (Å²) in [6, 6.07) is 0. The van der Waals surface area contributed by atoms with Crippen molar-refractivity contribution in [3.8, 4) is 0 Å². The Labute approximate surface area is 98.2 Å². The van der Waals surface area contributed by atoms with Gasteiger partial charge in [0.25, 0.3) is 0 Å². The third kappa shape index (κ3) is 6.41. The van der Waals surface area contributed by atoms with Crippen molar-refractivity contribution >= 4 is 23.8 Å². The molecule has 0 aromatic carbocycles. The summed E-state index contributed by atoms with van der Waals surface area (Å²) in [5.74, 6) is -3.12. The Hall–Kier alpha value is -1.76. The first-order valence-corrected chi connectivity index (χ1v) is 5.11. The lowest BCUT2D eigenvalue weighted by atomic mass is 10.2. The fourth-order valence-corrected chi connectivity index (χ4v) is 0.763. The van der Waals surface area contributed by atoms with Crippen molar-refractivity contribution in [1.82, 2.24) is 0 Å². The highest BCUT2D eigenvalue weighted by Crippen LogP contribution is 2.00. The smallest absolute Gasteiger partial charge is 0.343 e. The van der Waals surface area contributed by atoms with Crippen LogP contribution in [-0.4, -0.2) is 35.0 Å². The zero-order valence-electron chi connectivity index (χ0n) is 9.69. The van der Waals surface area contributed by atoms with E-state index in [2.05, 4.69) is 9.47 Å². The average Bonchev–Trinajstić information content (AvgIpc) is 2.28. The summed E-state index contributed by atoms with van der Waals surface area (Å²) >= 11 is 0. The predicted octanol–water partition coefficient (Wildman–Crippen LogP) is 0.148. The summed E-state index contributed by atoms with van der Waals surface area (Å²) in [6.45, 7) is 3.04. The third-order valence-electron chi connectivity index (χ3n) is 1.68. The van der Waals surface area contributed by atoms with Crippen molar-refractivity contribution < 1.29 is 29.0 Å². The van der Waals surface area contributed by atoms with Gasteiger partial charge in [-0.15, -0.1) is 0 Å². The molecule has 1 atom stereocenters. The van der Waals surface area contributed by atoms with Gasteiger partial charge in [0, 0.05) is 12.8 Å². The van der Waals surface area contributed by atoms with Crippen LogP contribution in [-0.2, 0) is 23.9 Å². The maximum Gasteiger partial charge on any atom is 0.343 e. The van der Waals surface area contributed by atoms with Crippen molar-refractivity contribution in [2.75, 3.05) is 0 Å². The summed E-state index contributed by atoms with van der Waals surface area (Å²) in [5.41, 5.74) is 0. The van der Waals surface area contributed by atoms with Gasteiger partial charge in [-0.1, -0.05) is 13.8 Å². The Morgan fingerprint density at radius 3 is 2.06 bits per heavy atom. The zero-order chi connectivity index (χ0) is 13.4. The number of carbonyl (C=O) groups is 3. The summed E-state index contributed by atoms with van der Waals surface area (Å²) in [7, 11) is 0. The van der Waals surface area contributed by atoms with Crippen LogP contribution in [0.3, 0.4) is 0 Å². The quantitative estimate of drug-likeness (QED) is 0.308. The van der Waals surface area contributed by atoms with Gasteiger partial charge in [-0.2, -0.15) is 0 Å². The number of aliphatic hydroxyl groups excluding tert-OH is 1. The van der Waals surface area contributed by atoms with Crippen LogP contribution < -0.4 is 0 Å². The van der Waals surface area contributed by atoms with Crippen LogP contribution in [0.5, 0.6) is 0 Å². The van der Waals surface area contributed by atoms with Crippen molar-refractivity contribution in [3.05, 3.63) is 0 Å². The molecule has 0 bridgehead atoms. The molecule has 0 amide bonds. The SMILES string of the molecule is CCC(=O)OC(=N)CC(O)C(=O)OC(=O)CC. The van der Waals surface area contributed by atoms with E-state index < -0.39 is 36.3 Å². The van der Waals surface area contributed by atoms with Gasteiger partial charge in [0.15, 0.2) is 12.0 Å². The first kappa shape index (κ1) is 15.2. The topological polar surface area (TPSA) is 114 Å². The van der Waals surface area contributed by atoms with Crippen LogP contribution >= 0.6 is 0 Å². The van der Waals surface area contributed by atoms with E-state index in [-0.39, 0.29) is 12.8 Å². The maximum absolute atomic E-state index is 11.1. The predicted molar refractivity (Wildman–Crippen MR) is 56.1 cm³/mol. The van der Waals surface area contributed by atoms with Gasteiger partial charge in [-0.25, -0.2) is 4.79 Å². The molecule has 17 heavy (non-hydrogen) atoms. The van der Waals surface area contributed by atoms with Crippen molar-refractivity contribution in [3.63, 3.8) is 0 Å². The van der Waals surface area contributed by atoms with Crippen molar-refractivity contribution in [2.24, 2.45) is 0 Å². The standard InChI is InChI=1S/C10H15NO6/c1-3-8(13)16-7(11)5-6(12)10(15)17-9(14)4-2/h6,11-12H,3-5H2,1-2H3. The van der Waals surface area contributed by atoms with E-state index in [0.29, 0.717) is 0 Å². The molecule has 0 aliphatic rings. The second-order valence-electron chi connectivity index (χ2n) is 3.12. The monoisotopic (exact) mass is 245 g/mol. The molecule has 0 aromatic heterocycles. The molecule has 1 unspecified atom stereocenters. The minimum atomic E-state index is -1.69. The van der Waals surface area contributed by atoms with Crippen molar-refractivity contribution in [1.29, 1.82) is 5.41 Å². The molecule has 7 nitrogen and oxygen atoms in total. The number of hydrogen-bond donors (Lipinski definition) is 2. The summed E-state index contributed by atoms with van der Waals surface area (Å²) in [4.78, 5) is 32.6. The summed E-state index contributed by atoms with van der Waals surface area (Å²) < 4.78 is 8.67. The van der Waals surface area contributed by atoms with Crippen LogP contribution in [0.4, 0.5) is 0 Å². The normalized spacial score (nSPS) is 11.5. The maximum atomic E-state index is 11.1. The fraction of sp³-hybridized carbons (Fsp3) is 0.600. The highest BCUT2D eigenvalue weighted by Gasteiger charge is 2.22. The molecule has 0 spiro atoms. The van der Waals surface area contributed by atoms with Gasteiger partial charge in [-0.05, 0) is 0 Å². The van der Waals surface area contributed by atoms with Gasteiger partial charge < -0.3 is 14.6 Å². The average molecular weight is 245 g/mol. The molecule has 0 aliphatic carbocycles. The first-order chi connectivity index (χ1) is 7.90. The van der Waals surface area contributed by atoms with Crippen LogP contribution in [0.2, 0.25) is 0 Å². The van der Waals surface area contributed by atoms with E-state index in [9.17, 15) is 19.5 Å². The molecule has 0 rings (SSSR count). The Bertz CT molecular complexity index is 325. The Morgan fingerprint density at radius 2 is 1.59 bits per heavy atom. The molecule has 96 valence electrons. The van der Waals surface area contributed by atoms with Crippen LogP contribution in [0, 0.1) is 5.41 Å². The number of esters is 3. The van der Waals surface area contributed by atoms with Gasteiger partial charge in [0.05, 0.1) is 6.42 Å². The first-order valence-electron chi connectivity index (χ1n) is 5.11. The zero-order valence-corrected chi connectivity index (χ0v) is 9.69. The lowest BCUT2D eigenvalue weighted by Gasteiger charge is -2.09. The Kier molecular flexibility index (Phi) is 6.73. The molecule has 0 fully saturated rings. The Balaban J connectivity index is 4.11. The van der Waals surface area contributed by atoms with Crippen LogP contribution in [0.15, 0.2) is 0 Å². The molecule has 0 heterocycles. The van der Waals surface area contributed by atoms with E-state index in [1.54, 1.807) is 6.92 Å². The number of rotatable bonds is 5. The number of ether oxygens (including phenoxy) is 2. The van der Waals surface area contributed by atoms with E-state index in [1.165, 1.54) is 6.92 Å². The second-order valence-corrected chi connectivity index (χ2v) is 3.12. The van der Waals surface area contributed by atoms with Gasteiger partial charge >= 0.3 is 17.9 Å². The van der Waals surface area contributed by atoms with Gasteiger partial charge in [-0.3, -0.25) is 15.0 Å². The van der Waals surface area contributed by atoms with Gasteiger partial charge in [0.1, 0.15) is 0 Å². The minimum Gasteiger partial charge on any atom is -0.412 e. The molecule has 0 saturated heterocycles. The molecular weight excluding hydrogens is 230 g/mol. The molecule has 0 aliphatic heterocycles. The van der Waals surface area contributed by atoms with Crippen molar-refractivity contribution in [2.45, 2.75) is 39.2 Å². The Morgan fingerprint density at radius 1 is 1.12 bits per heavy atom. The van der Waals surface area contributed by atoms with E-state index in [1.807, 2.05) is 0 Å². The lowest BCUT2D eigenvalue weighted by Crippen LogP contribution is -2.29. The number of nitrogens with one attached hydrogen (secondary N) is 1. The molecule has 2 N–H and O–H groups in total. The third-order valence-corrected chi connectivity index (χ3v) is 1.68. The molecule has 0 aromatic rings.